The van der Waals surface area contributed by atoms with Crippen LogP contribution in [0.3, 0.4) is 0 Å². The number of anilines is 1. The Bertz CT molecular complexity index is 402. The summed E-state index contributed by atoms with van der Waals surface area (Å²) in [4.78, 5) is 0. The van der Waals surface area contributed by atoms with Gasteiger partial charge in [0.1, 0.15) is 0 Å². The molecule has 4 N–H and O–H groups in total. The van der Waals surface area contributed by atoms with Crippen molar-refractivity contribution < 1.29 is 0 Å². The van der Waals surface area contributed by atoms with Crippen molar-refractivity contribution >= 4 is 5.69 Å². The first-order valence-corrected chi connectivity index (χ1v) is 6.09. The van der Waals surface area contributed by atoms with Crippen LogP contribution in [0.4, 0.5) is 5.69 Å². The summed E-state index contributed by atoms with van der Waals surface area (Å²) in [5, 5.41) is 7.08. The molecule has 86 valence electrons. The van der Waals surface area contributed by atoms with E-state index in [9.17, 15) is 0 Å². The van der Waals surface area contributed by atoms with E-state index in [4.69, 9.17) is 5.73 Å². The molecule has 0 saturated carbocycles. The summed E-state index contributed by atoms with van der Waals surface area (Å²) in [5.41, 5.74) is 10.2. The molecule has 0 bridgehead atoms. The van der Waals surface area contributed by atoms with Crippen molar-refractivity contribution in [3.05, 3.63) is 29.3 Å². The molecule has 3 nitrogen and oxygen atoms in total. The molecule has 0 radical (unpaired) electrons. The smallest absolute Gasteiger partial charge is 0.0391 e. The van der Waals surface area contributed by atoms with E-state index in [0.29, 0.717) is 12.0 Å². The number of nitrogens with two attached hydrogens (primary N) is 1. The molecule has 3 unspecified atom stereocenters. The van der Waals surface area contributed by atoms with Crippen LogP contribution in [0.2, 0.25) is 0 Å². The topological polar surface area (TPSA) is 50.1 Å². The van der Waals surface area contributed by atoms with Gasteiger partial charge in [0, 0.05) is 30.2 Å². The Balaban J connectivity index is 2.00. The lowest BCUT2D eigenvalue weighted by molar-refractivity contribution is 0.288. The number of fused-ring (bicyclic) bond motifs is 2. The van der Waals surface area contributed by atoms with Crippen molar-refractivity contribution in [1.29, 1.82) is 0 Å². The second kappa shape index (κ2) is 3.75. The number of piperidine rings is 1. The van der Waals surface area contributed by atoms with Gasteiger partial charge in [0.15, 0.2) is 0 Å². The third-order valence-electron chi connectivity index (χ3n) is 3.90. The van der Waals surface area contributed by atoms with Gasteiger partial charge >= 0.3 is 0 Å². The van der Waals surface area contributed by atoms with Gasteiger partial charge in [0.05, 0.1) is 0 Å². The highest BCUT2D eigenvalue weighted by atomic mass is 15.0. The minimum atomic E-state index is 0.175. The zero-order chi connectivity index (χ0) is 11.1. The van der Waals surface area contributed by atoms with Crippen LogP contribution in [-0.4, -0.2) is 19.1 Å². The third-order valence-corrected chi connectivity index (χ3v) is 3.90. The maximum Gasteiger partial charge on any atom is 0.0391 e. The number of hydrogen-bond acceptors (Lipinski definition) is 3. The van der Waals surface area contributed by atoms with Gasteiger partial charge in [0.2, 0.25) is 0 Å². The van der Waals surface area contributed by atoms with Crippen molar-refractivity contribution in [3.8, 4) is 0 Å². The van der Waals surface area contributed by atoms with E-state index >= 15 is 0 Å². The predicted octanol–water partition coefficient (Wildman–Crippen LogP) is 1.40. The summed E-state index contributed by atoms with van der Waals surface area (Å²) >= 11 is 0. The van der Waals surface area contributed by atoms with Gasteiger partial charge in [0.25, 0.3) is 0 Å². The van der Waals surface area contributed by atoms with E-state index in [-0.39, 0.29) is 6.04 Å². The Morgan fingerprint density at radius 3 is 3.12 bits per heavy atom. The Morgan fingerprint density at radius 1 is 1.38 bits per heavy atom. The molecule has 1 fully saturated rings. The molecule has 2 aliphatic rings. The molecule has 3 atom stereocenters. The number of aryl methyl sites for hydroxylation is 1. The van der Waals surface area contributed by atoms with Crippen LogP contribution in [0.1, 0.15) is 23.6 Å². The van der Waals surface area contributed by atoms with Crippen LogP contribution < -0.4 is 16.4 Å². The van der Waals surface area contributed by atoms with Crippen molar-refractivity contribution in [2.75, 3.05) is 18.4 Å². The molecular weight excluding hydrogens is 198 g/mol. The predicted molar refractivity (Wildman–Crippen MR) is 66.5 cm³/mol. The molecule has 3 rings (SSSR count). The fourth-order valence-corrected chi connectivity index (χ4v) is 2.96. The Morgan fingerprint density at radius 2 is 2.25 bits per heavy atom. The van der Waals surface area contributed by atoms with Crippen LogP contribution in [0.15, 0.2) is 18.2 Å². The van der Waals surface area contributed by atoms with Crippen LogP contribution >= 0.6 is 0 Å². The maximum absolute atomic E-state index is 6.39. The first-order valence-electron chi connectivity index (χ1n) is 6.09. The van der Waals surface area contributed by atoms with Gasteiger partial charge in [-0.15, -0.1) is 0 Å². The normalized spacial score (nSPS) is 32.5. The highest BCUT2D eigenvalue weighted by molar-refractivity contribution is 5.57. The molecule has 1 aromatic carbocycles. The fraction of sp³-hybridized carbons (Fsp3) is 0.538. The first kappa shape index (κ1) is 10.1. The quantitative estimate of drug-likeness (QED) is 0.615. The summed E-state index contributed by atoms with van der Waals surface area (Å²) in [6, 6.07) is 7.26. The van der Waals surface area contributed by atoms with Crippen LogP contribution in [0.5, 0.6) is 0 Å². The molecule has 2 aliphatic heterocycles. The van der Waals surface area contributed by atoms with Crippen molar-refractivity contribution in [2.24, 2.45) is 11.7 Å². The molecule has 0 aliphatic carbocycles. The average Bonchev–Trinajstić information content (AvgIpc) is 2.31. The van der Waals surface area contributed by atoms with Gasteiger partial charge in [-0.25, -0.2) is 0 Å². The molecule has 0 aromatic heterocycles. The van der Waals surface area contributed by atoms with Gasteiger partial charge in [-0.3, -0.25) is 0 Å². The summed E-state index contributed by atoms with van der Waals surface area (Å²) < 4.78 is 0. The zero-order valence-electron chi connectivity index (χ0n) is 9.66. The lowest BCUT2D eigenvalue weighted by Gasteiger charge is -2.42. The van der Waals surface area contributed by atoms with Crippen molar-refractivity contribution in [2.45, 2.75) is 25.4 Å². The highest BCUT2D eigenvalue weighted by Gasteiger charge is 2.35. The molecule has 3 heteroatoms. The maximum atomic E-state index is 6.39. The summed E-state index contributed by atoms with van der Waals surface area (Å²) in [6.07, 6.45) is 1.17. The fourth-order valence-electron chi connectivity index (χ4n) is 2.96. The second-order valence-electron chi connectivity index (χ2n) is 5.02. The number of hydrogen-bond donors (Lipinski definition) is 3. The van der Waals surface area contributed by atoms with E-state index < -0.39 is 0 Å². The Labute approximate surface area is 96.4 Å². The standard InChI is InChI=1S/C13H19N3/c1-8-2-3-11-9(6-8)13(14)10-7-15-5-4-12(10)16-11/h2-3,6,10,12-13,15-16H,4-5,7,14H2,1H3. The molecule has 1 aromatic rings. The second-order valence-corrected chi connectivity index (χ2v) is 5.02. The molecule has 2 heterocycles. The van der Waals surface area contributed by atoms with E-state index in [1.807, 2.05) is 0 Å². The summed E-state index contributed by atoms with van der Waals surface area (Å²) in [6.45, 7) is 4.26. The molecule has 16 heavy (non-hydrogen) atoms. The van der Waals surface area contributed by atoms with E-state index in [1.54, 1.807) is 0 Å². The monoisotopic (exact) mass is 217 g/mol. The third kappa shape index (κ3) is 1.51. The van der Waals surface area contributed by atoms with Crippen LogP contribution in [0.25, 0.3) is 0 Å². The highest BCUT2D eigenvalue weighted by Crippen LogP contribution is 2.37. The van der Waals surface area contributed by atoms with Gasteiger partial charge < -0.3 is 16.4 Å². The van der Waals surface area contributed by atoms with Crippen LogP contribution in [-0.2, 0) is 0 Å². The molecule has 0 spiro atoms. The number of rotatable bonds is 0. The van der Waals surface area contributed by atoms with E-state index in [0.717, 1.165) is 13.1 Å². The Hall–Kier alpha value is -1.06. The van der Waals surface area contributed by atoms with E-state index in [2.05, 4.69) is 35.8 Å². The summed E-state index contributed by atoms with van der Waals surface area (Å²) in [7, 11) is 0. The van der Waals surface area contributed by atoms with Crippen molar-refractivity contribution in [1.82, 2.24) is 5.32 Å². The van der Waals surface area contributed by atoms with Gasteiger partial charge in [-0.2, -0.15) is 0 Å². The zero-order valence-corrected chi connectivity index (χ0v) is 9.66. The molecular formula is C13H19N3. The SMILES string of the molecule is Cc1ccc2c(c1)C(N)C1CNCCC1N2. The lowest BCUT2D eigenvalue weighted by Crippen LogP contribution is -2.51. The van der Waals surface area contributed by atoms with Crippen molar-refractivity contribution in [3.63, 3.8) is 0 Å². The first-order chi connectivity index (χ1) is 7.75. The lowest BCUT2D eigenvalue weighted by atomic mass is 9.79. The summed E-state index contributed by atoms with van der Waals surface area (Å²) in [5.74, 6) is 0.531. The van der Waals surface area contributed by atoms with Gasteiger partial charge in [-0.1, -0.05) is 17.7 Å². The number of nitrogens with one attached hydrogen (secondary N) is 2. The minimum absolute atomic E-state index is 0.175. The number of benzene rings is 1. The average molecular weight is 217 g/mol. The largest absolute Gasteiger partial charge is 0.382 e. The molecule has 1 saturated heterocycles. The van der Waals surface area contributed by atoms with E-state index in [1.165, 1.54) is 23.2 Å². The molecule has 0 amide bonds. The Kier molecular flexibility index (Phi) is 2.37. The van der Waals surface area contributed by atoms with Gasteiger partial charge in [-0.05, 0) is 31.5 Å². The van der Waals surface area contributed by atoms with Crippen LogP contribution in [0, 0.1) is 12.8 Å². The minimum Gasteiger partial charge on any atom is -0.382 e.